The van der Waals surface area contributed by atoms with Crippen molar-refractivity contribution >= 4 is 11.9 Å². The Labute approximate surface area is 119 Å². The van der Waals surface area contributed by atoms with Crippen LogP contribution in [0.2, 0.25) is 0 Å². The van der Waals surface area contributed by atoms with Gasteiger partial charge in [0.25, 0.3) is 0 Å². The number of hydrogen-bond donors (Lipinski definition) is 1. The van der Waals surface area contributed by atoms with Crippen LogP contribution in [-0.4, -0.2) is 60.4 Å². The van der Waals surface area contributed by atoms with Gasteiger partial charge in [-0.15, -0.1) is 0 Å². The molecule has 1 saturated heterocycles. The monoisotopic (exact) mass is 285 g/mol. The normalized spacial score (nSPS) is 31.1. The molecule has 114 valence electrons. The van der Waals surface area contributed by atoms with Gasteiger partial charge in [0.2, 0.25) is 5.91 Å². The van der Waals surface area contributed by atoms with Crippen molar-refractivity contribution in [3.8, 4) is 0 Å². The Kier molecular flexibility index (Phi) is 5.37. The van der Waals surface area contributed by atoms with Gasteiger partial charge in [0.05, 0.1) is 19.3 Å². The average molecular weight is 285 g/mol. The molecule has 2 rings (SSSR count). The lowest BCUT2D eigenvalue weighted by atomic mass is 9.88. The van der Waals surface area contributed by atoms with E-state index in [1.54, 1.807) is 0 Å². The molecule has 1 aliphatic heterocycles. The van der Waals surface area contributed by atoms with Crippen LogP contribution in [0.1, 0.15) is 32.6 Å². The maximum absolute atomic E-state index is 12.1. The molecule has 6 heteroatoms. The highest BCUT2D eigenvalue weighted by Gasteiger charge is 2.33. The summed E-state index contributed by atoms with van der Waals surface area (Å²) in [6, 6.07) is -0.886. The van der Waals surface area contributed by atoms with Crippen LogP contribution in [0.4, 0.5) is 0 Å². The molecule has 0 radical (unpaired) electrons. The number of ether oxygens (including phenoxy) is 2. The number of amides is 1. The molecule has 0 aromatic carbocycles. The molecule has 1 N–H and O–H groups in total. The summed E-state index contributed by atoms with van der Waals surface area (Å²) in [5, 5.41) is 9.10. The van der Waals surface area contributed by atoms with E-state index in [1.165, 1.54) is 11.3 Å². The first kappa shape index (κ1) is 15.3. The Hall–Kier alpha value is -1.14. The lowest BCUT2D eigenvalue weighted by Crippen LogP contribution is -2.53. The first-order valence-corrected chi connectivity index (χ1v) is 7.31. The maximum atomic E-state index is 12.1. The van der Waals surface area contributed by atoms with Crippen molar-refractivity contribution in [2.45, 2.75) is 44.8 Å². The minimum absolute atomic E-state index is 0.0290. The lowest BCUT2D eigenvalue weighted by molar-refractivity contribution is -0.162. The van der Waals surface area contributed by atoms with Crippen LogP contribution < -0.4 is 0 Å². The van der Waals surface area contributed by atoms with Crippen LogP contribution in [0.25, 0.3) is 0 Å². The largest absolute Gasteiger partial charge is 0.480 e. The second kappa shape index (κ2) is 7.04. The van der Waals surface area contributed by atoms with E-state index < -0.39 is 12.0 Å². The summed E-state index contributed by atoms with van der Waals surface area (Å²) in [5.74, 6) is -0.806. The Bertz CT molecular complexity index is 359. The summed E-state index contributed by atoms with van der Waals surface area (Å²) < 4.78 is 10.8. The topological polar surface area (TPSA) is 76.1 Å². The van der Waals surface area contributed by atoms with Crippen LogP contribution >= 0.6 is 0 Å². The molecule has 0 aromatic rings. The van der Waals surface area contributed by atoms with Crippen molar-refractivity contribution in [1.82, 2.24) is 4.90 Å². The number of hydrogen-bond acceptors (Lipinski definition) is 4. The van der Waals surface area contributed by atoms with Crippen molar-refractivity contribution in [2.75, 3.05) is 26.4 Å². The number of nitrogens with zero attached hydrogens (tertiary/aromatic N) is 1. The van der Waals surface area contributed by atoms with Crippen LogP contribution in [-0.2, 0) is 19.1 Å². The van der Waals surface area contributed by atoms with Crippen molar-refractivity contribution in [1.29, 1.82) is 0 Å². The molecule has 2 aliphatic rings. The highest BCUT2D eigenvalue weighted by atomic mass is 16.5. The molecule has 1 aliphatic carbocycles. The number of rotatable bonds is 4. The Balaban J connectivity index is 1.85. The molecule has 20 heavy (non-hydrogen) atoms. The summed E-state index contributed by atoms with van der Waals surface area (Å²) in [6.45, 7) is 2.87. The quantitative estimate of drug-likeness (QED) is 0.830. The first-order chi connectivity index (χ1) is 9.59. The van der Waals surface area contributed by atoms with E-state index in [0.717, 1.165) is 19.3 Å². The molecular weight excluding hydrogens is 262 g/mol. The van der Waals surface area contributed by atoms with Gasteiger partial charge in [0, 0.05) is 6.54 Å². The van der Waals surface area contributed by atoms with E-state index in [2.05, 4.69) is 6.92 Å². The standard InChI is InChI=1S/C14H23NO5/c1-10-4-2-3-5-12(10)20-9-13(16)15-6-7-19-8-11(15)14(17)18/h10-12H,2-9H2,1H3,(H,17,18). The number of carboxylic acids is 1. The summed E-state index contributed by atoms with van der Waals surface area (Å²) in [5.41, 5.74) is 0. The molecular formula is C14H23NO5. The van der Waals surface area contributed by atoms with Crippen molar-refractivity contribution in [3.05, 3.63) is 0 Å². The van der Waals surface area contributed by atoms with E-state index in [-0.39, 0.29) is 25.2 Å². The minimum atomic E-state index is -1.02. The second-order valence-electron chi connectivity index (χ2n) is 5.63. The number of carbonyl (C=O) groups excluding carboxylic acids is 1. The van der Waals surface area contributed by atoms with Gasteiger partial charge in [-0.05, 0) is 18.8 Å². The smallest absolute Gasteiger partial charge is 0.328 e. The van der Waals surface area contributed by atoms with E-state index in [1.807, 2.05) is 0 Å². The fourth-order valence-corrected chi connectivity index (χ4v) is 2.90. The predicted molar refractivity (Wildman–Crippen MR) is 71.3 cm³/mol. The summed E-state index contributed by atoms with van der Waals surface area (Å²) >= 11 is 0. The predicted octanol–water partition coefficient (Wildman–Crippen LogP) is 0.894. The number of morpholine rings is 1. The molecule has 0 aromatic heterocycles. The molecule has 6 nitrogen and oxygen atoms in total. The zero-order valence-corrected chi connectivity index (χ0v) is 11.9. The number of aliphatic carboxylic acids is 1. The third-order valence-corrected chi connectivity index (χ3v) is 4.19. The highest BCUT2D eigenvalue weighted by molar-refractivity contribution is 5.84. The van der Waals surface area contributed by atoms with E-state index in [9.17, 15) is 9.59 Å². The van der Waals surface area contributed by atoms with Crippen LogP contribution in [0.15, 0.2) is 0 Å². The highest BCUT2D eigenvalue weighted by Crippen LogP contribution is 2.26. The van der Waals surface area contributed by atoms with Gasteiger partial charge in [0.15, 0.2) is 6.04 Å². The molecule has 0 spiro atoms. The summed E-state index contributed by atoms with van der Waals surface area (Å²) in [6.07, 6.45) is 4.60. The summed E-state index contributed by atoms with van der Waals surface area (Å²) in [4.78, 5) is 24.6. The zero-order valence-electron chi connectivity index (χ0n) is 11.9. The van der Waals surface area contributed by atoms with Crippen molar-refractivity contribution in [3.63, 3.8) is 0 Å². The second-order valence-corrected chi connectivity index (χ2v) is 5.63. The molecule has 1 saturated carbocycles. The van der Waals surface area contributed by atoms with Gasteiger partial charge in [-0.1, -0.05) is 19.8 Å². The maximum Gasteiger partial charge on any atom is 0.328 e. The van der Waals surface area contributed by atoms with Crippen LogP contribution in [0, 0.1) is 5.92 Å². The van der Waals surface area contributed by atoms with Crippen LogP contribution in [0.5, 0.6) is 0 Å². The van der Waals surface area contributed by atoms with Crippen molar-refractivity contribution < 1.29 is 24.2 Å². The third-order valence-electron chi connectivity index (χ3n) is 4.19. The molecule has 3 atom stereocenters. The van der Waals surface area contributed by atoms with Gasteiger partial charge in [-0.25, -0.2) is 4.79 Å². The molecule has 3 unspecified atom stereocenters. The Morgan fingerprint density at radius 3 is 2.80 bits per heavy atom. The van der Waals surface area contributed by atoms with Crippen molar-refractivity contribution in [2.24, 2.45) is 5.92 Å². The third kappa shape index (κ3) is 3.70. The van der Waals surface area contributed by atoms with Gasteiger partial charge in [0.1, 0.15) is 6.61 Å². The average Bonchev–Trinajstić information content (AvgIpc) is 2.46. The molecule has 2 fully saturated rings. The van der Waals surface area contributed by atoms with E-state index >= 15 is 0 Å². The first-order valence-electron chi connectivity index (χ1n) is 7.31. The van der Waals surface area contributed by atoms with Gasteiger partial charge < -0.3 is 19.5 Å². The zero-order chi connectivity index (χ0) is 14.5. The van der Waals surface area contributed by atoms with Gasteiger partial charge in [-0.2, -0.15) is 0 Å². The summed E-state index contributed by atoms with van der Waals surface area (Å²) in [7, 11) is 0. The molecule has 1 heterocycles. The van der Waals surface area contributed by atoms with Gasteiger partial charge in [-0.3, -0.25) is 4.79 Å². The van der Waals surface area contributed by atoms with E-state index in [4.69, 9.17) is 14.6 Å². The SMILES string of the molecule is CC1CCCCC1OCC(=O)N1CCOCC1C(=O)O. The fraction of sp³-hybridized carbons (Fsp3) is 0.857. The number of carbonyl (C=O) groups is 2. The fourth-order valence-electron chi connectivity index (χ4n) is 2.90. The Morgan fingerprint density at radius 2 is 2.10 bits per heavy atom. The minimum Gasteiger partial charge on any atom is -0.480 e. The van der Waals surface area contributed by atoms with E-state index in [0.29, 0.717) is 19.1 Å². The molecule has 0 bridgehead atoms. The molecule has 1 amide bonds. The lowest BCUT2D eigenvalue weighted by Gasteiger charge is -2.34. The van der Waals surface area contributed by atoms with Crippen LogP contribution in [0.3, 0.4) is 0 Å². The Morgan fingerprint density at radius 1 is 1.35 bits per heavy atom. The number of carboxylic acid groups (broad SMARTS) is 1. The van der Waals surface area contributed by atoms with Gasteiger partial charge >= 0.3 is 5.97 Å².